The zero-order valence-electron chi connectivity index (χ0n) is 37.3. The summed E-state index contributed by atoms with van der Waals surface area (Å²) in [6, 6.07) is 17.2. The minimum Gasteiger partial charge on any atom is -0.505 e. The first kappa shape index (κ1) is 51.3. The molecule has 0 spiro atoms. The van der Waals surface area contributed by atoms with Crippen LogP contribution in [0.3, 0.4) is 0 Å². The molecule has 21 heteroatoms. The first-order valence-electron chi connectivity index (χ1n) is 22.2. The third kappa shape index (κ3) is 17.3. The van der Waals surface area contributed by atoms with Gasteiger partial charge in [0.05, 0.1) is 41.8 Å². The maximum atomic E-state index is 12.6. The average molecular weight is 950 g/mol. The lowest BCUT2D eigenvalue weighted by Gasteiger charge is -2.13. The normalized spacial score (nSPS) is 12.1. The third-order valence-electron chi connectivity index (χ3n) is 10.0. The molecule has 4 aromatic carbocycles. The molecule has 0 aliphatic carbocycles. The second kappa shape index (κ2) is 26.4. The van der Waals surface area contributed by atoms with Crippen LogP contribution in [0.5, 0.6) is 11.8 Å². The average Bonchev–Trinajstić information content (AvgIpc) is 3.29. The Morgan fingerprint density at radius 1 is 0.576 bits per heavy atom. The summed E-state index contributed by atoms with van der Waals surface area (Å²) in [5, 5.41) is 34.3. The molecule has 0 aliphatic heterocycles. The maximum absolute atomic E-state index is 12.6. The summed E-state index contributed by atoms with van der Waals surface area (Å²) in [5.74, 6) is -0.0947. The van der Waals surface area contributed by atoms with Crippen molar-refractivity contribution in [2.75, 3.05) is 50.2 Å². The number of unbranched alkanes of at least 4 members (excludes halogenated alkanes) is 10. The van der Waals surface area contributed by atoms with Gasteiger partial charge in [-0.15, -0.1) is 5.11 Å². The van der Waals surface area contributed by atoms with E-state index in [4.69, 9.17) is 18.8 Å². The molecule has 5 N–H and O–H groups in total. The Morgan fingerprint density at radius 3 is 1.73 bits per heavy atom. The molecule has 0 radical (unpaired) electrons. The topological polar surface area (TPSA) is 269 Å². The number of aromatic hydroxyl groups is 1. The molecule has 66 heavy (non-hydrogen) atoms. The minimum atomic E-state index is -4.91. The number of nitrogens with one attached hydrogen (secondary N) is 2. The number of hydrogen-bond acceptors (Lipinski definition) is 17. The molecular formula is C45H59N9O10S2. The Morgan fingerprint density at radius 2 is 1.12 bits per heavy atom. The molecular weight excluding hydrogens is 891 g/mol. The zero-order valence-corrected chi connectivity index (χ0v) is 38.9. The zero-order chi connectivity index (χ0) is 47.2. The van der Waals surface area contributed by atoms with Crippen LogP contribution in [-0.4, -0.2) is 85.6 Å². The Bertz CT molecular complexity index is 2580. The van der Waals surface area contributed by atoms with Crippen LogP contribution in [0.4, 0.5) is 40.3 Å². The number of rotatable bonds is 30. The van der Waals surface area contributed by atoms with Gasteiger partial charge in [0.15, 0.2) is 5.75 Å². The van der Waals surface area contributed by atoms with Crippen LogP contribution in [0, 0.1) is 0 Å². The predicted molar refractivity (Wildman–Crippen MR) is 252 cm³/mol. The second-order valence-electron chi connectivity index (χ2n) is 15.3. The number of nitrogens with zero attached hydrogens (tertiary/aromatic N) is 7. The maximum Gasteiger partial charge on any atom is 0.323 e. The molecule has 0 bridgehead atoms. The van der Waals surface area contributed by atoms with E-state index in [2.05, 4.69) is 59.9 Å². The number of anilines is 3. The number of phenolic OH excluding ortho intramolecular Hbond substituents is 1. The van der Waals surface area contributed by atoms with Crippen molar-refractivity contribution < 1.29 is 45.3 Å². The molecule has 19 nitrogen and oxygen atoms in total. The summed E-state index contributed by atoms with van der Waals surface area (Å²) in [7, 11) is -9.26. The lowest BCUT2D eigenvalue weighted by Crippen LogP contribution is -2.14. The van der Waals surface area contributed by atoms with E-state index in [0.29, 0.717) is 56.0 Å². The van der Waals surface area contributed by atoms with Gasteiger partial charge < -0.3 is 30.0 Å². The summed E-state index contributed by atoms with van der Waals surface area (Å²) < 4.78 is 84.2. The molecule has 1 heterocycles. The van der Waals surface area contributed by atoms with Crippen molar-refractivity contribution >= 4 is 71.3 Å². The molecule has 0 atom stereocenters. The summed E-state index contributed by atoms with van der Waals surface area (Å²) in [5.41, 5.74) is 0.926. The Kier molecular flexibility index (Phi) is 20.5. The van der Waals surface area contributed by atoms with Crippen LogP contribution < -0.4 is 15.4 Å². The Hall–Kier alpha value is -5.71. The number of hydrogen-bond donors (Lipinski definition) is 5. The molecule has 0 fully saturated rings. The van der Waals surface area contributed by atoms with Gasteiger partial charge in [-0.3, -0.25) is 9.11 Å². The van der Waals surface area contributed by atoms with Crippen LogP contribution in [0.2, 0.25) is 0 Å². The minimum absolute atomic E-state index is 0.0633. The smallest absolute Gasteiger partial charge is 0.323 e. The van der Waals surface area contributed by atoms with Crippen molar-refractivity contribution in [2.45, 2.75) is 101 Å². The van der Waals surface area contributed by atoms with Gasteiger partial charge in [-0.2, -0.15) is 47.1 Å². The fraction of sp³-hybridized carbons (Fsp3) is 0.444. The lowest BCUT2D eigenvalue weighted by molar-refractivity contribution is 0.0345. The van der Waals surface area contributed by atoms with Gasteiger partial charge in [-0.1, -0.05) is 78.1 Å². The van der Waals surface area contributed by atoms with Gasteiger partial charge in [0.25, 0.3) is 20.2 Å². The quantitative estimate of drug-likeness (QED) is 0.0163. The number of benzene rings is 4. The highest BCUT2D eigenvalue weighted by Gasteiger charge is 2.22. The molecule has 0 aliphatic rings. The van der Waals surface area contributed by atoms with Crippen molar-refractivity contribution in [3.05, 3.63) is 72.8 Å². The van der Waals surface area contributed by atoms with Crippen LogP contribution in [0.15, 0.2) is 103 Å². The van der Waals surface area contributed by atoms with Crippen LogP contribution in [0.1, 0.15) is 90.9 Å². The monoisotopic (exact) mass is 949 g/mol. The van der Waals surface area contributed by atoms with Gasteiger partial charge in [0.2, 0.25) is 11.9 Å². The van der Waals surface area contributed by atoms with Crippen LogP contribution >= 0.6 is 0 Å². The van der Waals surface area contributed by atoms with E-state index in [1.807, 2.05) is 0 Å². The van der Waals surface area contributed by atoms with E-state index in [1.54, 1.807) is 30.3 Å². The summed E-state index contributed by atoms with van der Waals surface area (Å²) in [6.07, 6.45) is 14.2. The van der Waals surface area contributed by atoms with Gasteiger partial charge in [0, 0.05) is 24.2 Å². The molecule has 1 aromatic heterocycles. The summed E-state index contributed by atoms with van der Waals surface area (Å²) in [6.45, 7) is 7.07. The summed E-state index contributed by atoms with van der Waals surface area (Å²) >= 11 is 0. The molecule has 0 saturated heterocycles. The predicted octanol–water partition coefficient (Wildman–Crippen LogP) is 11.3. The molecule has 5 rings (SSSR count). The van der Waals surface area contributed by atoms with Crippen molar-refractivity contribution in [3.63, 3.8) is 0 Å². The van der Waals surface area contributed by atoms with Gasteiger partial charge in [0.1, 0.15) is 17.2 Å². The highest BCUT2D eigenvalue weighted by Crippen LogP contribution is 2.42. The Labute approximate surface area is 386 Å². The Balaban J connectivity index is 1.27. The highest BCUT2D eigenvalue weighted by atomic mass is 32.2. The number of aromatic nitrogens is 3. The molecule has 5 aromatic rings. The van der Waals surface area contributed by atoms with Crippen LogP contribution in [0.25, 0.3) is 10.8 Å². The largest absolute Gasteiger partial charge is 0.505 e. The van der Waals surface area contributed by atoms with E-state index in [1.165, 1.54) is 87.4 Å². The van der Waals surface area contributed by atoms with Gasteiger partial charge >= 0.3 is 6.01 Å². The van der Waals surface area contributed by atoms with Crippen molar-refractivity contribution in [2.24, 2.45) is 20.5 Å². The number of phenols is 1. The molecule has 356 valence electrons. The summed E-state index contributed by atoms with van der Waals surface area (Å²) in [4.78, 5) is 12.5. The highest BCUT2D eigenvalue weighted by molar-refractivity contribution is 7.86. The number of ether oxygens (including phenoxy) is 3. The number of fused-ring (bicyclic) bond motifs is 1. The van der Waals surface area contributed by atoms with Crippen molar-refractivity contribution in [1.29, 1.82) is 0 Å². The lowest BCUT2D eigenvalue weighted by atomic mass is 10.1. The van der Waals surface area contributed by atoms with Gasteiger partial charge in [-0.05, 0) is 91.0 Å². The van der Waals surface area contributed by atoms with E-state index in [-0.39, 0.29) is 39.9 Å². The molecule has 0 unspecified atom stereocenters. The number of azo groups is 2. The van der Waals surface area contributed by atoms with E-state index >= 15 is 0 Å². The fourth-order valence-corrected chi connectivity index (χ4v) is 7.61. The van der Waals surface area contributed by atoms with E-state index < -0.39 is 36.6 Å². The van der Waals surface area contributed by atoms with Crippen molar-refractivity contribution in [1.82, 2.24) is 15.0 Å². The van der Waals surface area contributed by atoms with E-state index in [9.17, 15) is 26.5 Å². The standard InChI is InChI=1S/C45H59N9O10S2/c1-3-5-7-8-9-10-11-12-13-14-25-46-43-48-44(50-45(49-43)64-30-29-63-28-27-62-26-6-4-2)47-37-21-24-39-33(31-37)32-40(66(59,60)61)41(42(39)55)54-53-35-17-15-34(16-18-35)51-52-36-19-22-38(23-20-36)65(56,57)58/h15-24,31-32,55H,3-14,25-30H2,1-2H3,(H,56,57,58)(H,59,60,61)(H2,46,47,48,49,50). The fourth-order valence-electron chi connectivity index (χ4n) is 6.47. The second-order valence-corrected chi connectivity index (χ2v) is 18.1. The van der Waals surface area contributed by atoms with Crippen molar-refractivity contribution in [3.8, 4) is 11.8 Å². The first-order chi connectivity index (χ1) is 31.8. The van der Waals surface area contributed by atoms with Crippen LogP contribution in [-0.2, 0) is 29.7 Å². The van der Waals surface area contributed by atoms with Gasteiger partial charge in [-0.25, -0.2) is 0 Å². The molecule has 0 amide bonds. The molecule has 0 saturated carbocycles. The van der Waals surface area contributed by atoms with E-state index in [0.717, 1.165) is 32.1 Å². The SMILES string of the molecule is CCCCCCCCCCCCNc1nc(Nc2ccc3c(O)c(N=Nc4ccc(N=Nc5ccc(S(=O)(=O)O)cc5)cc4)c(S(=O)(=O)O)cc3c2)nc(OCCOCCOCCCC)n1. The third-order valence-corrected chi connectivity index (χ3v) is 11.8. The first-order valence-corrected chi connectivity index (χ1v) is 25.1.